The number of aliphatic hydroxyl groups excluding tert-OH is 2. The molecule has 2 rings (SSSR count). The molecule has 26 heteroatoms. The second-order valence-corrected chi connectivity index (χ2v) is 17.3. The highest BCUT2D eigenvalue weighted by Crippen LogP contribution is 2.14. The van der Waals surface area contributed by atoms with Gasteiger partial charge in [-0.2, -0.15) is 0 Å². The molecule has 11 atom stereocenters. The van der Waals surface area contributed by atoms with Crippen LogP contribution in [-0.4, -0.2) is 168 Å². The van der Waals surface area contributed by atoms with E-state index < -0.39 is 133 Å². The van der Waals surface area contributed by atoms with Gasteiger partial charge in [-0.3, -0.25) is 43.2 Å². The molecule has 1 aromatic rings. The molecule has 9 amide bonds. The number of nitrogens with two attached hydrogens (primary N) is 5. The number of phenols is 1. The molecule has 1 fully saturated rings. The molecule has 0 saturated carbocycles. The number of carbonyl (C=O) groups is 9. The van der Waals surface area contributed by atoms with E-state index in [1.54, 1.807) is 13.8 Å². The van der Waals surface area contributed by atoms with Crippen molar-refractivity contribution in [3.8, 4) is 5.75 Å². The van der Waals surface area contributed by atoms with Crippen LogP contribution in [0.4, 0.5) is 0 Å². The summed E-state index contributed by atoms with van der Waals surface area (Å²) in [7, 11) is 0. The minimum absolute atomic E-state index is 0.0392. The molecular formula is C43H74N14O12. The van der Waals surface area contributed by atoms with Crippen molar-refractivity contribution in [2.45, 2.75) is 139 Å². The van der Waals surface area contributed by atoms with Gasteiger partial charge in [0.05, 0.1) is 12.2 Å². The van der Waals surface area contributed by atoms with Gasteiger partial charge in [-0.05, 0) is 102 Å². The van der Waals surface area contributed by atoms with E-state index in [1.807, 2.05) is 0 Å². The Hall–Kier alpha value is -6.03. The van der Waals surface area contributed by atoms with E-state index in [0.29, 0.717) is 5.56 Å². The highest BCUT2D eigenvalue weighted by molar-refractivity contribution is 5.98. The summed E-state index contributed by atoms with van der Waals surface area (Å²) in [6.45, 7) is 5.05. The van der Waals surface area contributed by atoms with Crippen LogP contribution in [0, 0.1) is 5.92 Å². The fourth-order valence-corrected chi connectivity index (χ4v) is 7.02. The molecule has 1 heterocycles. The van der Waals surface area contributed by atoms with Crippen molar-refractivity contribution >= 4 is 53.2 Å². The summed E-state index contributed by atoms with van der Waals surface area (Å²) < 4.78 is 0. The molecule has 0 radical (unpaired) electrons. The molecule has 1 saturated heterocycles. The summed E-state index contributed by atoms with van der Waals surface area (Å²) in [5, 5.41) is 53.1. The van der Waals surface area contributed by atoms with Crippen LogP contribution in [0.5, 0.6) is 5.75 Å². The van der Waals surface area contributed by atoms with E-state index in [4.69, 9.17) is 28.7 Å². The lowest BCUT2D eigenvalue weighted by Gasteiger charge is -2.28. The van der Waals surface area contributed by atoms with E-state index in [1.165, 1.54) is 38.1 Å². The Balaban J connectivity index is 2.76. The SMILES string of the molecule is CC(C)C[C@@H]1NC(=O)[C@@H](Cc2ccc(O)cc2)NC(=O)[C@H](CCN)NC(=O)[C@@H](NC(=O)[C@H](CCN)NC(=O)[C@@H](N)[C@@H](C)O)CCNC(=O)[C@H]([C@@H](C)O)NC(=O)[C@H](CCN)NC(=O)[C@H](CCN)NC1=O. The zero-order valence-corrected chi connectivity index (χ0v) is 39.6. The first-order chi connectivity index (χ1) is 32.6. The fraction of sp³-hybridized carbons (Fsp3) is 0.651. The van der Waals surface area contributed by atoms with Crippen molar-refractivity contribution in [1.82, 2.24) is 47.9 Å². The van der Waals surface area contributed by atoms with Gasteiger partial charge in [-0.15, -0.1) is 0 Å². The number of aromatic hydroxyl groups is 1. The van der Waals surface area contributed by atoms with Crippen LogP contribution >= 0.6 is 0 Å². The first-order valence-corrected chi connectivity index (χ1v) is 23.0. The lowest BCUT2D eigenvalue weighted by Crippen LogP contribution is -2.61. The summed E-state index contributed by atoms with van der Waals surface area (Å²) >= 11 is 0. The highest BCUT2D eigenvalue weighted by Gasteiger charge is 2.36. The largest absolute Gasteiger partial charge is 0.508 e. The molecule has 0 aromatic heterocycles. The lowest BCUT2D eigenvalue weighted by molar-refractivity contribution is -0.136. The number of nitrogens with one attached hydrogen (secondary N) is 9. The lowest BCUT2D eigenvalue weighted by atomic mass is 10.00. The van der Waals surface area contributed by atoms with Crippen molar-refractivity contribution in [3.05, 3.63) is 29.8 Å². The average molecular weight is 979 g/mol. The molecule has 1 aliphatic heterocycles. The van der Waals surface area contributed by atoms with Gasteiger partial charge in [0.25, 0.3) is 0 Å². The Kier molecular flexibility index (Phi) is 25.5. The Morgan fingerprint density at radius 3 is 1.58 bits per heavy atom. The number of rotatable bonds is 18. The predicted molar refractivity (Wildman–Crippen MR) is 250 cm³/mol. The number of carbonyl (C=O) groups excluding carboxylic acids is 9. The van der Waals surface area contributed by atoms with Gasteiger partial charge < -0.3 is 91.8 Å². The summed E-state index contributed by atoms with van der Waals surface area (Å²) in [4.78, 5) is 124. The third kappa shape index (κ3) is 19.8. The maximum Gasteiger partial charge on any atom is 0.245 e. The van der Waals surface area contributed by atoms with Crippen molar-refractivity contribution in [2.24, 2.45) is 34.6 Å². The Morgan fingerprint density at radius 1 is 0.638 bits per heavy atom. The van der Waals surface area contributed by atoms with Crippen molar-refractivity contribution in [3.63, 3.8) is 0 Å². The number of hydrogen-bond acceptors (Lipinski definition) is 17. The van der Waals surface area contributed by atoms with Gasteiger partial charge in [-0.1, -0.05) is 26.0 Å². The number of aliphatic hydroxyl groups is 2. The quantitative estimate of drug-likeness (QED) is 0.0650. The van der Waals surface area contributed by atoms with Crippen LogP contribution < -0.4 is 76.5 Å². The molecule has 388 valence electrons. The molecular weight excluding hydrogens is 905 g/mol. The maximum atomic E-state index is 14.3. The Morgan fingerprint density at radius 2 is 1.10 bits per heavy atom. The second kappa shape index (κ2) is 29.8. The van der Waals surface area contributed by atoms with Gasteiger partial charge in [0.2, 0.25) is 53.2 Å². The third-order valence-electron chi connectivity index (χ3n) is 11.0. The molecule has 26 nitrogen and oxygen atoms in total. The van der Waals surface area contributed by atoms with Crippen LogP contribution in [-0.2, 0) is 49.6 Å². The molecule has 69 heavy (non-hydrogen) atoms. The van der Waals surface area contributed by atoms with E-state index in [9.17, 15) is 58.5 Å². The maximum absolute atomic E-state index is 14.3. The predicted octanol–water partition coefficient (Wildman–Crippen LogP) is -7.14. The molecule has 0 aliphatic carbocycles. The van der Waals surface area contributed by atoms with Crippen LogP contribution in [0.15, 0.2) is 24.3 Å². The molecule has 1 aliphatic rings. The Labute approximate surface area is 400 Å². The zero-order chi connectivity index (χ0) is 52.0. The van der Waals surface area contributed by atoms with E-state index in [2.05, 4.69) is 47.9 Å². The summed E-state index contributed by atoms with van der Waals surface area (Å²) in [6, 6.07) is -7.31. The minimum Gasteiger partial charge on any atom is -0.508 e. The van der Waals surface area contributed by atoms with E-state index >= 15 is 0 Å². The number of phenolic OH excluding ortho intramolecular Hbond substituents is 1. The summed E-state index contributed by atoms with van der Waals surface area (Å²) in [6.07, 6.45) is -4.05. The molecule has 1 aromatic carbocycles. The number of amides is 9. The van der Waals surface area contributed by atoms with Crippen molar-refractivity contribution < 1.29 is 58.5 Å². The summed E-state index contributed by atoms with van der Waals surface area (Å²) in [5.41, 5.74) is 29.4. The zero-order valence-electron chi connectivity index (χ0n) is 39.6. The van der Waals surface area contributed by atoms with E-state index in [-0.39, 0.29) is 76.4 Å². The fourth-order valence-electron chi connectivity index (χ4n) is 7.02. The Bertz CT molecular complexity index is 1890. The molecule has 0 unspecified atom stereocenters. The van der Waals surface area contributed by atoms with Gasteiger partial charge >= 0.3 is 0 Å². The topological polar surface area (TPSA) is 453 Å². The molecule has 0 spiro atoms. The average Bonchev–Trinajstić information content (AvgIpc) is 3.28. The first kappa shape index (κ1) is 59.1. The van der Waals surface area contributed by atoms with Gasteiger partial charge in [-0.25, -0.2) is 0 Å². The van der Waals surface area contributed by atoms with Crippen molar-refractivity contribution in [2.75, 3.05) is 32.7 Å². The van der Waals surface area contributed by atoms with Crippen molar-refractivity contribution in [1.29, 1.82) is 0 Å². The summed E-state index contributed by atoms with van der Waals surface area (Å²) in [5.74, 6) is -8.50. The molecule has 0 bridgehead atoms. The monoisotopic (exact) mass is 979 g/mol. The van der Waals surface area contributed by atoms with Gasteiger partial charge in [0, 0.05) is 13.0 Å². The second-order valence-electron chi connectivity index (χ2n) is 17.3. The highest BCUT2D eigenvalue weighted by atomic mass is 16.3. The smallest absolute Gasteiger partial charge is 0.245 e. The number of hydrogen-bond donors (Lipinski definition) is 17. The van der Waals surface area contributed by atoms with Gasteiger partial charge in [0.15, 0.2) is 0 Å². The molecule has 22 N–H and O–H groups in total. The van der Waals surface area contributed by atoms with Crippen LogP contribution in [0.25, 0.3) is 0 Å². The minimum atomic E-state index is -1.65. The van der Waals surface area contributed by atoms with Crippen LogP contribution in [0.2, 0.25) is 0 Å². The third-order valence-corrected chi connectivity index (χ3v) is 11.0. The number of benzene rings is 1. The van der Waals surface area contributed by atoms with Gasteiger partial charge in [0.1, 0.15) is 60.1 Å². The van der Waals surface area contributed by atoms with Crippen LogP contribution in [0.3, 0.4) is 0 Å². The normalized spacial score (nSPS) is 24.7. The first-order valence-electron chi connectivity index (χ1n) is 23.0. The standard InChI is InChI=1S/C43H74N14O12/c1-21(2)19-31-40(66)52-26(9-14-44)35(61)51-29(12-17-47)39(65)57-34(23(4)59)43(69)49-18-13-30(53-36(62)28(11-16-46)54-42(68)33(48)22(3)58)38(64)50-27(10-15-45)37(63)56-32(41(67)55-31)20-24-5-7-25(60)8-6-24/h5-8,21-23,26-34,58-60H,9-20,44-48H2,1-4H3,(H,49,69)(H,50,64)(H,51,61)(H,52,66)(H,53,62)(H,54,68)(H,55,67)(H,56,63)(H,57,65)/t22-,23-,26+,27+,28+,29+,30+,31+,32-,33+,34+/m1/s1. The van der Waals surface area contributed by atoms with E-state index in [0.717, 1.165) is 0 Å². The van der Waals surface area contributed by atoms with Crippen LogP contribution in [0.1, 0.15) is 71.8 Å².